The molecular weight excluding hydrogens is 348 g/mol. The molecule has 5 nitrogen and oxygen atoms in total. The summed E-state index contributed by atoms with van der Waals surface area (Å²) in [6.07, 6.45) is 5.72. The Labute approximate surface area is 149 Å². The highest BCUT2D eigenvalue weighted by Crippen LogP contribution is 2.26. The van der Waals surface area contributed by atoms with Crippen LogP contribution in [0, 0.1) is 0 Å². The Hall–Kier alpha value is -1.27. The SMILES string of the molecule is CC[C@@H](C(=O)N1CCCCCC1)N(c1cccc(Cl)c1)S(C)(=O)=O. The first-order valence-corrected chi connectivity index (χ1v) is 10.6. The number of anilines is 1. The van der Waals surface area contributed by atoms with E-state index < -0.39 is 16.1 Å². The number of hydrogen-bond donors (Lipinski definition) is 0. The Balaban J connectivity index is 2.36. The van der Waals surface area contributed by atoms with Crippen LogP contribution in [-0.4, -0.2) is 44.6 Å². The van der Waals surface area contributed by atoms with E-state index in [4.69, 9.17) is 11.6 Å². The summed E-state index contributed by atoms with van der Waals surface area (Å²) in [5, 5.41) is 0.443. The molecule has 0 N–H and O–H groups in total. The lowest BCUT2D eigenvalue weighted by Crippen LogP contribution is -2.51. The minimum absolute atomic E-state index is 0.121. The summed E-state index contributed by atoms with van der Waals surface area (Å²) < 4.78 is 26.0. The summed E-state index contributed by atoms with van der Waals surface area (Å²) in [5.41, 5.74) is 0.431. The van der Waals surface area contributed by atoms with Crippen molar-refractivity contribution in [3.63, 3.8) is 0 Å². The summed E-state index contributed by atoms with van der Waals surface area (Å²) in [5.74, 6) is -0.121. The lowest BCUT2D eigenvalue weighted by molar-refractivity contribution is -0.132. The zero-order chi connectivity index (χ0) is 17.7. The molecule has 1 aliphatic heterocycles. The van der Waals surface area contributed by atoms with Gasteiger partial charge in [0.1, 0.15) is 6.04 Å². The minimum atomic E-state index is -3.61. The average molecular weight is 373 g/mol. The Morgan fingerprint density at radius 2 is 1.88 bits per heavy atom. The summed E-state index contributed by atoms with van der Waals surface area (Å²) in [6, 6.07) is 5.89. The maximum atomic E-state index is 13.0. The van der Waals surface area contributed by atoms with E-state index in [0.717, 1.165) is 31.9 Å². The Kier molecular flexibility index (Phi) is 6.52. The van der Waals surface area contributed by atoms with Crippen LogP contribution in [0.4, 0.5) is 5.69 Å². The Morgan fingerprint density at radius 3 is 2.38 bits per heavy atom. The number of hydrogen-bond acceptors (Lipinski definition) is 3. The van der Waals surface area contributed by atoms with Crippen LogP contribution in [0.1, 0.15) is 39.0 Å². The molecule has 1 amide bonds. The quantitative estimate of drug-likeness (QED) is 0.796. The van der Waals surface area contributed by atoms with Crippen molar-refractivity contribution in [1.82, 2.24) is 4.90 Å². The predicted molar refractivity (Wildman–Crippen MR) is 97.9 cm³/mol. The van der Waals surface area contributed by atoms with Gasteiger partial charge in [-0.05, 0) is 37.5 Å². The molecule has 7 heteroatoms. The molecular formula is C17H25ClN2O3S. The van der Waals surface area contributed by atoms with Crippen molar-refractivity contribution < 1.29 is 13.2 Å². The van der Waals surface area contributed by atoms with Gasteiger partial charge in [-0.3, -0.25) is 9.10 Å². The van der Waals surface area contributed by atoms with Crippen LogP contribution in [0.15, 0.2) is 24.3 Å². The van der Waals surface area contributed by atoms with Gasteiger partial charge in [-0.1, -0.05) is 37.4 Å². The molecule has 0 aliphatic carbocycles. The third kappa shape index (κ3) is 4.63. The van der Waals surface area contributed by atoms with Crippen LogP contribution in [0.25, 0.3) is 0 Å². The second kappa shape index (κ2) is 8.21. The van der Waals surface area contributed by atoms with Crippen molar-refractivity contribution in [1.29, 1.82) is 0 Å². The largest absolute Gasteiger partial charge is 0.341 e. The maximum absolute atomic E-state index is 13.0. The number of sulfonamides is 1. The van der Waals surface area contributed by atoms with Crippen LogP contribution >= 0.6 is 11.6 Å². The molecule has 0 bridgehead atoms. The number of nitrogens with zero attached hydrogens (tertiary/aromatic N) is 2. The second-order valence-corrected chi connectivity index (χ2v) is 8.50. The lowest BCUT2D eigenvalue weighted by atomic mass is 10.1. The topological polar surface area (TPSA) is 57.7 Å². The van der Waals surface area contributed by atoms with Gasteiger partial charge in [0.15, 0.2) is 0 Å². The van der Waals surface area contributed by atoms with Gasteiger partial charge < -0.3 is 4.90 Å². The predicted octanol–water partition coefficient (Wildman–Crippen LogP) is 3.29. The molecule has 1 heterocycles. The normalized spacial score (nSPS) is 17.2. The second-order valence-electron chi connectivity index (χ2n) is 6.20. The maximum Gasteiger partial charge on any atom is 0.246 e. The van der Waals surface area contributed by atoms with E-state index in [-0.39, 0.29) is 5.91 Å². The molecule has 134 valence electrons. The van der Waals surface area contributed by atoms with Crippen LogP contribution in [0.3, 0.4) is 0 Å². The van der Waals surface area contributed by atoms with E-state index in [1.165, 1.54) is 4.31 Å². The van der Waals surface area contributed by atoms with Gasteiger partial charge in [0.25, 0.3) is 0 Å². The lowest BCUT2D eigenvalue weighted by Gasteiger charge is -2.34. The first kappa shape index (κ1) is 19.1. The summed E-state index contributed by atoms with van der Waals surface area (Å²) >= 11 is 6.02. The molecule has 0 unspecified atom stereocenters. The Morgan fingerprint density at radius 1 is 1.25 bits per heavy atom. The highest BCUT2D eigenvalue weighted by atomic mass is 35.5. The highest BCUT2D eigenvalue weighted by Gasteiger charge is 2.34. The van der Waals surface area contributed by atoms with Gasteiger partial charge in [-0.25, -0.2) is 8.42 Å². The molecule has 1 aliphatic rings. The monoisotopic (exact) mass is 372 g/mol. The molecule has 1 saturated heterocycles. The summed E-state index contributed by atoms with van der Waals surface area (Å²) in [7, 11) is -3.61. The van der Waals surface area contributed by atoms with E-state index in [0.29, 0.717) is 30.2 Å². The van der Waals surface area contributed by atoms with E-state index >= 15 is 0 Å². The number of halogens is 1. The van der Waals surface area contributed by atoms with Gasteiger partial charge in [0.2, 0.25) is 15.9 Å². The number of carbonyl (C=O) groups is 1. The molecule has 0 radical (unpaired) electrons. The van der Waals surface area contributed by atoms with E-state index in [1.807, 2.05) is 11.8 Å². The van der Waals surface area contributed by atoms with E-state index in [9.17, 15) is 13.2 Å². The van der Waals surface area contributed by atoms with Crippen molar-refractivity contribution >= 4 is 33.2 Å². The van der Waals surface area contributed by atoms with Gasteiger partial charge in [-0.15, -0.1) is 0 Å². The van der Waals surface area contributed by atoms with Gasteiger partial charge in [0, 0.05) is 18.1 Å². The zero-order valence-electron chi connectivity index (χ0n) is 14.2. The van der Waals surface area contributed by atoms with Crippen LogP contribution in [0.5, 0.6) is 0 Å². The van der Waals surface area contributed by atoms with Crippen molar-refractivity contribution in [3.05, 3.63) is 29.3 Å². The van der Waals surface area contributed by atoms with Crippen molar-refractivity contribution in [3.8, 4) is 0 Å². The fraction of sp³-hybridized carbons (Fsp3) is 0.588. The number of rotatable bonds is 5. The number of likely N-dealkylation sites (tertiary alicyclic amines) is 1. The Bertz CT molecular complexity index is 670. The third-order valence-corrected chi connectivity index (χ3v) is 5.71. The van der Waals surface area contributed by atoms with Crippen LogP contribution < -0.4 is 4.31 Å². The van der Waals surface area contributed by atoms with Crippen molar-refractivity contribution in [2.45, 2.75) is 45.1 Å². The average Bonchev–Trinajstić information content (AvgIpc) is 2.79. The van der Waals surface area contributed by atoms with Gasteiger partial charge in [0.05, 0.1) is 11.9 Å². The fourth-order valence-corrected chi connectivity index (χ4v) is 4.54. The summed E-state index contributed by atoms with van der Waals surface area (Å²) in [6.45, 7) is 3.23. The number of benzene rings is 1. The molecule has 24 heavy (non-hydrogen) atoms. The van der Waals surface area contributed by atoms with Gasteiger partial charge in [-0.2, -0.15) is 0 Å². The third-order valence-electron chi connectivity index (χ3n) is 4.29. The molecule has 1 aromatic carbocycles. The fourth-order valence-electron chi connectivity index (χ4n) is 3.16. The summed E-state index contributed by atoms with van der Waals surface area (Å²) in [4.78, 5) is 14.8. The molecule has 0 spiro atoms. The molecule has 0 saturated carbocycles. The number of carbonyl (C=O) groups excluding carboxylic acids is 1. The first-order valence-electron chi connectivity index (χ1n) is 8.38. The smallest absolute Gasteiger partial charge is 0.246 e. The van der Waals surface area contributed by atoms with E-state index in [1.54, 1.807) is 24.3 Å². The van der Waals surface area contributed by atoms with Gasteiger partial charge >= 0.3 is 0 Å². The standard InChI is InChI=1S/C17H25ClN2O3S/c1-3-16(17(21)19-11-6-4-5-7-12-19)20(24(2,22)23)15-10-8-9-14(18)13-15/h8-10,13,16H,3-7,11-12H2,1-2H3/t16-/m0/s1. The van der Waals surface area contributed by atoms with Crippen LogP contribution in [0.2, 0.25) is 5.02 Å². The molecule has 1 aromatic rings. The van der Waals surface area contributed by atoms with Crippen LogP contribution in [-0.2, 0) is 14.8 Å². The van der Waals surface area contributed by atoms with Crippen molar-refractivity contribution in [2.75, 3.05) is 23.7 Å². The minimum Gasteiger partial charge on any atom is -0.341 e. The molecule has 1 fully saturated rings. The number of amides is 1. The van der Waals surface area contributed by atoms with E-state index in [2.05, 4.69) is 0 Å². The molecule has 1 atom stereocenters. The zero-order valence-corrected chi connectivity index (χ0v) is 15.8. The molecule has 0 aromatic heterocycles. The first-order chi connectivity index (χ1) is 11.3. The van der Waals surface area contributed by atoms with Crippen molar-refractivity contribution in [2.24, 2.45) is 0 Å². The highest BCUT2D eigenvalue weighted by molar-refractivity contribution is 7.92. The molecule has 2 rings (SSSR count).